The highest BCUT2D eigenvalue weighted by molar-refractivity contribution is 7.22. The first-order chi connectivity index (χ1) is 12.0. The van der Waals surface area contributed by atoms with E-state index in [1.54, 1.807) is 0 Å². The van der Waals surface area contributed by atoms with E-state index in [0.29, 0.717) is 23.3 Å². The van der Waals surface area contributed by atoms with Crippen molar-refractivity contribution in [1.29, 1.82) is 0 Å². The normalized spacial score (nSPS) is 31.6. The van der Waals surface area contributed by atoms with Gasteiger partial charge in [0.25, 0.3) is 0 Å². The number of hydrogen-bond acceptors (Lipinski definition) is 5. The molecule has 5 nitrogen and oxygen atoms in total. The van der Waals surface area contributed by atoms with Crippen molar-refractivity contribution in [1.82, 2.24) is 15.4 Å². The van der Waals surface area contributed by atoms with E-state index < -0.39 is 16.7 Å². The lowest BCUT2D eigenvalue weighted by atomic mass is 9.74. The van der Waals surface area contributed by atoms with Crippen LogP contribution in [0.25, 0.3) is 10.2 Å². The van der Waals surface area contributed by atoms with E-state index in [0.717, 1.165) is 49.9 Å². The number of aromatic nitrogens is 1. The molecule has 10 heteroatoms. The van der Waals surface area contributed by atoms with Crippen LogP contribution in [0.3, 0.4) is 0 Å². The molecule has 6 rings (SSSR count). The summed E-state index contributed by atoms with van der Waals surface area (Å²) in [6.45, 7) is 3.16. The summed E-state index contributed by atoms with van der Waals surface area (Å²) in [5.41, 5.74) is 2.92. The summed E-state index contributed by atoms with van der Waals surface area (Å²) >= 11 is 6.68. The molecule has 4 aliphatic heterocycles. The lowest BCUT2D eigenvalue weighted by molar-refractivity contribution is -0.150. The van der Waals surface area contributed by atoms with Crippen molar-refractivity contribution >= 4 is 56.5 Å². The number of halogens is 4. The smallest absolute Gasteiger partial charge is 0.212 e. The molecule has 0 aliphatic carbocycles. The van der Waals surface area contributed by atoms with Gasteiger partial charge in [-0.15, -0.1) is 12.4 Å². The Kier molecular flexibility index (Phi) is 4.60. The molecule has 4 saturated heterocycles. The number of amidine groups is 1. The van der Waals surface area contributed by atoms with E-state index in [4.69, 9.17) is 16.4 Å². The fourth-order valence-corrected chi connectivity index (χ4v) is 5.23. The van der Waals surface area contributed by atoms with E-state index in [9.17, 15) is 8.78 Å². The SMILES string of the molecule is Cl.Fc1cc2nc(/N=C3/C[C@@]4(CN5CCC4CC5)ON3)sc2c(F)c1Cl. The molecule has 2 bridgehead atoms. The number of rotatable bonds is 1. The van der Waals surface area contributed by atoms with Gasteiger partial charge in [0, 0.05) is 19.0 Å². The van der Waals surface area contributed by atoms with Gasteiger partial charge in [0.05, 0.1) is 10.2 Å². The average molecular weight is 421 g/mol. The van der Waals surface area contributed by atoms with Gasteiger partial charge < -0.3 is 4.90 Å². The highest BCUT2D eigenvalue weighted by atomic mass is 35.5. The Hall–Kier alpha value is -1.06. The Morgan fingerprint density at radius 3 is 2.85 bits per heavy atom. The van der Waals surface area contributed by atoms with Gasteiger partial charge in [-0.25, -0.2) is 18.8 Å². The van der Waals surface area contributed by atoms with Crippen molar-refractivity contribution in [2.24, 2.45) is 10.9 Å². The highest BCUT2D eigenvalue weighted by Gasteiger charge is 2.52. The molecule has 26 heavy (non-hydrogen) atoms. The van der Waals surface area contributed by atoms with Gasteiger partial charge in [0.15, 0.2) is 5.82 Å². The van der Waals surface area contributed by atoms with Crippen LogP contribution < -0.4 is 5.48 Å². The third-order valence-electron chi connectivity index (χ3n) is 5.40. The highest BCUT2D eigenvalue weighted by Crippen LogP contribution is 2.43. The second kappa shape index (κ2) is 6.53. The van der Waals surface area contributed by atoms with Crippen LogP contribution in [-0.4, -0.2) is 41.0 Å². The van der Waals surface area contributed by atoms with Gasteiger partial charge in [-0.1, -0.05) is 22.9 Å². The van der Waals surface area contributed by atoms with E-state index in [2.05, 4.69) is 20.4 Å². The van der Waals surface area contributed by atoms with Gasteiger partial charge in [0.2, 0.25) is 5.13 Å². The van der Waals surface area contributed by atoms with E-state index >= 15 is 0 Å². The van der Waals surface area contributed by atoms with Crippen LogP contribution in [0.5, 0.6) is 0 Å². The van der Waals surface area contributed by atoms with E-state index in [-0.39, 0.29) is 28.2 Å². The first kappa shape index (κ1) is 18.3. The number of nitrogens with one attached hydrogen (secondary N) is 1. The molecular weight excluding hydrogens is 405 g/mol. The van der Waals surface area contributed by atoms with Crippen LogP contribution in [0.2, 0.25) is 5.02 Å². The van der Waals surface area contributed by atoms with Crippen molar-refractivity contribution in [2.45, 2.75) is 24.9 Å². The van der Waals surface area contributed by atoms with Gasteiger partial charge in [-0.2, -0.15) is 0 Å². The maximum Gasteiger partial charge on any atom is 0.212 e. The molecule has 4 fully saturated rings. The zero-order valence-corrected chi connectivity index (χ0v) is 16.0. The first-order valence-corrected chi connectivity index (χ1v) is 9.41. The summed E-state index contributed by atoms with van der Waals surface area (Å²) in [6, 6.07) is 1.13. The Morgan fingerprint density at radius 1 is 1.38 bits per heavy atom. The van der Waals surface area contributed by atoms with Crippen LogP contribution >= 0.6 is 35.3 Å². The Morgan fingerprint density at radius 2 is 2.15 bits per heavy atom. The molecule has 140 valence electrons. The molecule has 1 aromatic carbocycles. The second-order valence-corrected chi connectivity index (χ2v) is 8.24. The Balaban J connectivity index is 0.00000168. The number of benzene rings is 1. The number of thiazole rings is 1. The summed E-state index contributed by atoms with van der Waals surface area (Å²) in [5, 5.41) is -0.149. The number of aliphatic imine (C=N–C) groups is 1. The van der Waals surface area contributed by atoms with E-state index in [1.807, 2.05) is 0 Å². The minimum atomic E-state index is -0.815. The van der Waals surface area contributed by atoms with Crippen molar-refractivity contribution < 1.29 is 13.6 Å². The number of piperidine rings is 3. The third kappa shape index (κ3) is 2.79. The van der Waals surface area contributed by atoms with Crippen molar-refractivity contribution in [3.8, 4) is 0 Å². The summed E-state index contributed by atoms with van der Waals surface area (Å²) in [5.74, 6) is -0.395. The first-order valence-electron chi connectivity index (χ1n) is 8.22. The number of fused-ring (bicyclic) bond motifs is 3. The lowest BCUT2D eigenvalue weighted by Gasteiger charge is -2.49. The average Bonchev–Trinajstić information content (AvgIpc) is 3.18. The third-order valence-corrected chi connectivity index (χ3v) is 6.70. The number of hydroxylamine groups is 1. The fourth-order valence-electron chi connectivity index (χ4n) is 4.15. The van der Waals surface area contributed by atoms with Crippen LogP contribution in [0.1, 0.15) is 19.3 Å². The quantitative estimate of drug-likeness (QED) is 0.706. The molecule has 1 aromatic heterocycles. The molecule has 4 aliphatic rings. The molecule has 0 amide bonds. The fraction of sp³-hybridized carbons (Fsp3) is 0.500. The zero-order chi connectivity index (χ0) is 17.2. The van der Waals surface area contributed by atoms with Crippen LogP contribution in [0.4, 0.5) is 13.9 Å². The van der Waals surface area contributed by atoms with E-state index in [1.165, 1.54) is 0 Å². The summed E-state index contributed by atoms with van der Waals surface area (Å²) in [7, 11) is 0. The molecule has 1 spiro atoms. The van der Waals surface area contributed by atoms with Crippen molar-refractivity contribution in [3.63, 3.8) is 0 Å². The van der Waals surface area contributed by atoms with Crippen molar-refractivity contribution in [3.05, 3.63) is 22.7 Å². The maximum absolute atomic E-state index is 14.1. The summed E-state index contributed by atoms with van der Waals surface area (Å²) in [6.07, 6.45) is 2.96. The predicted octanol–water partition coefficient (Wildman–Crippen LogP) is 4.07. The molecule has 2 aromatic rings. The topological polar surface area (TPSA) is 49.8 Å². The maximum atomic E-state index is 14.1. The number of nitrogens with zero attached hydrogens (tertiary/aromatic N) is 3. The molecular formula is C16H16Cl2F2N4OS. The van der Waals surface area contributed by atoms with Gasteiger partial charge >= 0.3 is 0 Å². The van der Waals surface area contributed by atoms with Gasteiger partial charge in [-0.05, 0) is 31.8 Å². The summed E-state index contributed by atoms with van der Waals surface area (Å²) < 4.78 is 27.9. The monoisotopic (exact) mass is 420 g/mol. The number of hydrogen-bond donors (Lipinski definition) is 1. The Bertz CT molecular complexity index is 900. The van der Waals surface area contributed by atoms with Crippen LogP contribution in [0, 0.1) is 17.6 Å². The molecule has 0 saturated carbocycles. The molecule has 1 N–H and O–H groups in total. The van der Waals surface area contributed by atoms with Gasteiger partial charge in [0.1, 0.15) is 22.3 Å². The zero-order valence-electron chi connectivity index (χ0n) is 13.6. The largest absolute Gasteiger partial charge is 0.300 e. The molecule has 1 atom stereocenters. The summed E-state index contributed by atoms with van der Waals surface area (Å²) in [4.78, 5) is 17.0. The molecule has 5 heterocycles. The van der Waals surface area contributed by atoms with Gasteiger partial charge in [-0.3, -0.25) is 10.3 Å². The lowest BCUT2D eigenvalue weighted by Crippen LogP contribution is -2.59. The predicted molar refractivity (Wildman–Crippen MR) is 99.6 cm³/mol. The molecule has 0 radical (unpaired) electrons. The standard InChI is InChI=1S/C16H15ClF2N4OS.ClH/c17-12-9(18)5-10-14(13(12)19)25-15(20-10)21-11-6-16(24-22-11)7-23-3-1-8(16)2-4-23;/h5,8H,1-4,6-7H2,(H,20,21,22);1H/t16-;/m0./s1. The van der Waals surface area contributed by atoms with Crippen molar-refractivity contribution in [2.75, 3.05) is 19.6 Å². The van der Waals surface area contributed by atoms with Crippen LogP contribution in [-0.2, 0) is 4.84 Å². The second-order valence-electron chi connectivity index (χ2n) is 6.89. The minimum Gasteiger partial charge on any atom is -0.300 e. The molecule has 0 unspecified atom stereocenters. The van der Waals surface area contributed by atoms with Crippen LogP contribution in [0.15, 0.2) is 11.1 Å². The Labute approximate surface area is 163 Å². The minimum absolute atomic E-state index is 0.